The van der Waals surface area contributed by atoms with Crippen molar-refractivity contribution < 1.29 is 0 Å². The molecule has 1 atom stereocenters. The molecule has 1 aliphatic heterocycles. The van der Waals surface area contributed by atoms with Crippen molar-refractivity contribution >= 4 is 21.5 Å². The van der Waals surface area contributed by atoms with Crippen LogP contribution in [0.1, 0.15) is 18.0 Å². The molecule has 0 aliphatic carbocycles. The van der Waals surface area contributed by atoms with E-state index in [1.54, 1.807) is 10.9 Å². The molecule has 4 aromatic rings. The number of hydrogen-bond acceptors (Lipinski definition) is 4. The number of rotatable bonds is 5. The van der Waals surface area contributed by atoms with Crippen molar-refractivity contribution in [2.24, 2.45) is 0 Å². The van der Waals surface area contributed by atoms with E-state index in [1.165, 1.54) is 16.3 Å². The van der Waals surface area contributed by atoms with Crippen LogP contribution in [0.3, 0.4) is 0 Å². The third-order valence-electron chi connectivity index (χ3n) is 6.11. The van der Waals surface area contributed by atoms with Gasteiger partial charge in [-0.15, -0.1) is 0 Å². The second-order valence-electron chi connectivity index (χ2n) is 7.94. The van der Waals surface area contributed by atoms with E-state index in [1.807, 2.05) is 24.3 Å². The topological polar surface area (TPSA) is 50.2 Å². The molecule has 1 aliphatic rings. The third kappa shape index (κ3) is 3.62. The number of hydrogen-bond donors (Lipinski definition) is 1. The quantitative estimate of drug-likeness (QED) is 0.558. The number of piperazine rings is 1. The molecule has 1 saturated heterocycles. The van der Waals surface area contributed by atoms with Gasteiger partial charge < -0.3 is 5.32 Å². The molecule has 0 saturated carbocycles. The summed E-state index contributed by atoms with van der Waals surface area (Å²) in [6, 6.07) is 23.2. The van der Waals surface area contributed by atoms with Gasteiger partial charge in [0, 0.05) is 44.2 Å². The predicted molar refractivity (Wildman–Crippen MR) is 122 cm³/mol. The van der Waals surface area contributed by atoms with Crippen molar-refractivity contribution in [3.8, 4) is 0 Å². The largest absolute Gasteiger partial charge is 0.314 e. The van der Waals surface area contributed by atoms with Gasteiger partial charge in [0.15, 0.2) is 0 Å². The summed E-state index contributed by atoms with van der Waals surface area (Å²) in [5.74, 6) is 0. The Hall–Kier alpha value is -3.02. The first-order valence-corrected chi connectivity index (χ1v) is 10.7. The minimum Gasteiger partial charge on any atom is -0.314 e. The Morgan fingerprint density at radius 1 is 0.900 bits per heavy atom. The molecule has 152 valence electrons. The molecule has 2 heterocycles. The number of nitrogens with one attached hydrogen (secondary N) is 1. The van der Waals surface area contributed by atoms with Crippen LogP contribution < -0.4 is 10.9 Å². The minimum atomic E-state index is -0.000913. The first-order chi connectivity index (χ1) is 14.8. The Bertz CT molecular complexity index is 1230. The molecule has 30 heavy (non-hydrogen) atoms. The summed E-state index contributed by atoms with van der Waals surface area (Å²) in [6.07, 6.45) is 2.69. The van der Waals surface area contributed by atoms with Crippen LogP contribution >= 0.6 is 0 Å². The molecule has 0 bridgehead atoms. The Labute approximate surface area is 175 Å². The maximum Gasteiger partial charge on any atom is 0.274 e. The molecule has 5 heteroatoms. The third-order valence-corrected chi connectivity index (χ3v) is 6.11. The first kappa shape index (κ1) is 19.0. The van der Waals surface area contributed by atoms with Gasteiger partial charge in [-0.3, -0.25) is 9.69 Å². The van der Waals surface area contributed by atoms with Gasteiger partial charge in [0.05, 0.1) is 11.6 Å². The second-order valence-corrected chi connectivity index (χ2v) is 7.94. The highest BCUT2D eigenvalue weighted by Crippen LogP contribution is 2.29. The molecule has 0 spiro atoms. The number of nitrogens with zero attached hydrogens (tertiary/aromatic N) is 3. The lowest BCUT2D eigenvalue weighted by molar-refractivity contribution is 0.158. The zero-order chi connectivity index (χ0) is 20.3. The van der Waals surface area contributed by atoms with E-state index < -0.39 is 0 Å². The minimum absolute atomic E-state index is 0.000913. The fourth-order valence-corrected chi connectivity index (χ4v) is 4.57. The van der Waals surface area contributed by atoms with Crippen LogP contribution in [0.25, 0.3) is 21.5 Å². The van der Waals surface area contributed by atoms with Crippen molar-refractivity contribution in [2.45, 2.75) is 19.0 Å². The van der Waals surface area contributed by atoms with Crippen LogP contribution in [-0.2, 0) is 6.54 Å². The summed E-state index contributed by atoms with van der Waals surface area (Å²) in [6.45, 7) is 4.53. The monoisotopic (exact) mass is 398 g/mol. The van der Waals surface area contributed by atoms with Gasteiger partial charge in [-0.2, -0.15) is 5.10 Å². The molecular formula is C25H26N4O. The molecule has 1 fully saturated rings. The lowest BCUT2D eigenvalue weighted by Crippen LogP contribution is -2.46. The summed E-state index contributed by atoms with van der Waals surface area (Å²) in [4.78, 5) is 15.3. The van der Waals surface area contributed by atoms with Crippen LogP contribution in [0.5, 0.6) is 0 Å². The van der Waals surface area contributed by atoms with Crippen LogP contribution in [-0.4, -0.2) is 40.9 Å². The van der Waals surface area contributed by atoms with E-state index in [0.717, 1.165) is 43.4 Å². The van der Waals surface area contributed by atoms with Gasteiger partial charge in [-0.25, -0.2) is 4.68 Å². The number of fused-ring (bicyclic) bond motifs is 2. The van der Waals surface area contributed by atoms with Crippen LogP contribution in [0.2, 0.25) is 0 Å². The van der Waals surface area contributed by atoms with Gasteiger partial charge >= 0.3 is 0 Å². The fraction of sp³-hybridized carbons (Fsp3) is 0.280. The molecule has 1 aromatic heterocycles. The lowest BCUT2D eigenvalue weighted by Gasteiger charge is -2.37. The zero-order valence-electron chi connectivity index (χ0n) is 17.0. The van der Waals surface area contributed by atoms with Gasteiger partial charge in [0.2, 0.25) is 0 Å². The van der Waals surface area contributed by atoms with Crippen LogP contribution in [0.15, 0.2) is 77.7 Å². The smallest absolute Gasteiger partial charge is 0.274 e. The van der Waals surface area contributed by atoms with E-state index in [-0.39, 0.29) is 5.56 Å². The van der Waals surface area contributed by atoms with Crippen molar-refractivity contribution in [3.63, 3.8) is 0 Å². The van der Waals surface area contributed by atoms with E-state index in [2.05, 4.69) is 57.8 Å². The molecule has 0 radical (unpaired) electrons. The maximum absolute atomic E-state index is 12.7. The molecule has 5 nitrogen and oxygen atoms in total. The summed E-state index contributed by atoms with van der Waals surface area (Å²) >= 11 is 0. The average Bonchev–Trinajstić information content (AvgIpc) is 2.81. The Kier molecular flexibility index (Phi) is 5.30. The summed E-state index contributed by atoms with van der Waals surface area (Å²) in [7, 11) is 0. The highest BCUT2D eigenvalue weighted by Gasteiger charge is 2.24. The van der Waals surface area contributed by atoms with E-state index in [4.69, 9.17) is 0 Å². The molecule has 1 N–H and O–H groups in total. The van der Waals surface area contributed by atoms with Crippen LogP contribution in [0.4, 0.5) is 0 Å². The van der Waals surface area contributed by atoms with Crippen molar-refractivity contribution in [3.05, 3.63) is 88.8 Å². The fourth-order valence-electron chi connectivity index (χ4n) is 4.57. The molecule has 5 rings (SSSR count). The van der Waals surface area contributed by atoms with Gasteiger partial charge in [-0.05, 0) is 28.8 Å². The summed E-state index contributed by atoms with van der Waals surface area (Å²) in [5.41, 5.74) is 1.38. The summed E-state index contributed by atoms with van der Waals surface area (Å²) in [5, 5.41) is 12.2. The number of aromatic nitrogens is 2. The van der Waals surface area contributed by atoms with E-state index >= 15 is 0 Å². The standard InChI is InChI=1S/C25H26N4O/c30-25-22-11-4-2-8-20(22)17-27-29(25)15-6-14-28-16-13-26-18-24(28)23-12-5-9-19-7-1-3-10-21(19)23/h1-5,7-12,17,24,26H,6,13-16,18H2. The average molecular weight is 399 g/mol. The van der Waals surface area contributed by atoms with Crippen LogP contribution in [0, 0.1) is 0 Å². The van der Waals surface area contributed by atoms with Crippen molar-refractivity contribution in [1.82, 2.24) is 20.0 Å². The number of benzene rings is 3. The SMILES string of the molecule is O=c1c2ccccc2cnn1CCCN1CCNCC1c1cccc2ccccc12. The Morgan fingerprint density at radius 2 is 1.67 bits per heavy atom. The molecule has 0 amide bonds. The Balaban J connectivity index is 1.34. The number of aryl methyl sites for hydroxylation is 1. The van der Waals surface area contributed by atoms with Gasteiger partial charge in [0.1, 0.15) is 0 Å². The zero-order valence-corrected chi connectivity index (χ0v) is 17.0. The predicted octanol–water partition coefficient (Wildman–Crippen LogP) is 3.59. The molecule has 1 unspecified atom stereocenters. The highest BCUT2D eigenvalue weighted by molar-refractivity contribution is 5.86. The highest BCUT2D eigenvalue weighted by atomic mass is 16.1. The second kappa shape index (κ2) is 8.38. The summed E-state index contributed by atoms with van der Waals surface area (Å²) < 4.78 is 1.61. The van der Waals surface area contributed by atoms with Gasteiger partial charge in [0.25, 0.3) is 5.56 Å². The molecular weight excluding hydrogens is 372 g/mol. The van der Waals surface area contributed by atoms with Crippen molar-refractivity contribution in [1.29, 1.82) is 0 Å². The lowest BCUT2D eigenvalue weighted by atomic mass is 9.96. The molecule has 3 aromatic carbocycles. The van der Waals surface area contributed by atoms with Crippen molar-refractivity contribution in [2.75, 3.05) is 26.2 Å². The Morgan fingerprint density at radius 3 is 2.57 bits per heavy atom. The maximum atomic E-state index is 12.7. The van der Waals surface area contributed by atoms with Gasteiger partial charge in [-0.1, -0.05) is 60.7 Å². The van der Waals surface area contributed by atoms with E-state index in [0.29, 0.717) is 12.6 Å². The normalized spacial score (nSPS) is 17.5. The first-order valence-electron chi connectivity index (χ1n) is 10.7. The van der Waals surface area contributed by atoms with E-state index in [9.17, 15) is 4.79 Å².